The molecule has 1 N–H and O–H groups in total. The molecule has 0 fully saturated rings. The molecule has 0 saturated carbocycles. The molecule has 3 nitrogen and oxygen atoms in total. The highest BCUT2D eigenvalue weighted by molar-refractivity contribution is 6.33. The van der Waals surface area contributed by atoms with Gasteiger partial charge in [0.15, 0.2) is 0 Å². The third-order valence-electron chi connectivity index (χ3n) is 3.82. The molecule has 1 heterocycles. The van der Waals surface area contributed by atoms with Crippen LogP contribution in [0.15, 0.2) is 30.3 Å². The molecule has 0 aliphatic rings. The number of aromatic nitrogens is 1. The number of rotatable bonds is 5. The zero-order valence-electron chi connectivity index (χ0n) is 13.6. The first-order valence-corrected chi connectivity index (χ1v) is 8.07. The predicted octanol–water partition coefficient (Wildman–Crippen LogP) is 4.67. The molecule has 1 amide bonds. The summed E-state index contributed by atoms with van der Waals surface area (Å²) in [4.78, 5) is 12.4. The number of nitrogens with zero attached hydrogens (tertiary/aromatic N) is 1. The normalized spacial score (nSPS) is 12.2. The fourth-order valence-corrected chi connectivity index (χ4v) is 2.91. The molecule has 1 unspecified atom stereocenters. The van der Waals surface area contributed by atoms with Gasteiger partial charge < -0.3 is 9.88 Å². The number of aryl methyl sites for hydroxylation is 2. The fraction of sp³-hybridized carbons (Fsp3) is 0.389. The molecular formula is C18H23ClN2O. The highest BCUT2D eigenvalue weighted by atomic mass is 35.5. The number of nitrogens with one attached hydrogen (secondary N) is 1. The maximum Gasteiger partial charge on any atom is 0.253 e. The molecule has 1 aromatic carbocycles. The zero-order chi connectivity index (χ0) is 16.3. The van der Waals surface area contributed by atoms with Crippen LogP contribution in [0.25, 0.3) is 5.69 Å². The predicted molar refractivity (Wildman–Crippen MR) is 92.1 cm³/mol. The van der Waals surface area contributed by atoms with Gasteiger partial charge in [-0.2, -0.15) is 0 Å². The largest absolute Gasteiger partial charge is 0.350 e. The van der Waals surface area contributed by atoms with Gasteiger partial charge in [-0.15, -0.1) is 0 Å². The Morgan fingerprint density at radius 2 is 1.86 bits per heavy atom. The van der Waals surface area contributed by atoms with Crippen LogP contribution in [-0.4, -0.2) is 16.5 Å². The quantitative estimate of drug-likeness (QED) is 0.854. The number of amides is 1. The number of benzene rings is 1. The summed E-state index contributed by atoms with van der Waals surface area (Å²) >= 11 is 6.22. The Morgan fingerprint density at radius 1 is 1.23 bits per heavy atom. The SMILES string of the molecule is CCCC(C)NC(=O)c1cc(-n2c(C)ccc2C)ccc1Cl. The molecule has 0 aliphatic heterocycles. The Balaban J connectivity index is 2.33. The highest BCUT2D eigenvalue weighted by Crippen LogP contribution is 2.23. The van der Waals surface area contributed by atoms with E-state index in [1.165, 1.54) is 0 Å². The molecule has 1 atom stereocenters. The minimum atomic E-state index is -0.115. The third-order valence-corrected chi connectivity index (χ3v) is 4.15. The van der Waals surface area contributed by atoms with Crippen molar-refractivity contribution in [3.8, 4) is 5.69 Å². The van der Waals surface area contributed by atoms with E-state index in [2.05, 4.69) is 28.9 Å². The first-order valence-electron chi connectivity index (χ1n) is 7.69. The smallest absolute Gasteiger partial charge is 0.253 e. The van der Waals surface area contributed by atoms with Crippen molar-refractivity contribution in [3.63, 3.8) is 0 Å². The van der Waals surface area contributed by atoms with E-state index < -0.39 is 0 Å². The Kier molecular flexibility index (Phi) is 5.30. The Bertz CT molecular complexity index is 656. The van der Waals surface area contributed by atoms with Gasteiger partial charge in [0.1, 0.15) is 0 Å². The minimum absolute atomic E-state index is 0.115. The number of carbonyl (C=O) groups excluding carboxylic acids is 1. The molecule has 0 radical (unpaired) electrons. The van der Waals surface area contributed by atoms with Crippen LogP contribution in [0.5, 0.6) is 0 Å². The number of halogens is 1. The van der Waals surface area contributed by atoms with Crippen molar-refractivity contribution in [3.05, 3.63) is 52.3 Å². The van der Waals surface area contributed by atoms with E-state index >= 15 is 0 Å². The third kappa shape index (κ3) is 3.53. The van der Waals surface area contributed by atoms with Gasteiger partial charge in [-0.25, -0.2) is 0 Å². The van der Waals surface area contributed by atoms with Gasteiger partial charge in [0.05, 0.1) is 10.6 Å². The number of hydrogen-bond acceptors (Lipinski definition) is 1. The van der Waals surface area contributed by atoms with Crippen molar-refractivity contribution in [1.29, 1.82) is 0 Å². The summed E-state index contributed by atoms with van der Waals surface area (Å²) in [5.74, 6) is -0.115. The van der Waals surface area contributed by atoms with Gasteiger partial charge in [-0.1, -0.05) is 24.9 Å². The van der Waals surface area contributed by atoms with Gasteiger partial charge in [0.2, 0.25) is 0 Å². The maximum atomic E-state index is 12.4. The van der Waals surface area contributed by atoms with E-state index in [4.69, 9.17) is 11.6 Å². The number of carbonyl (C=O) groups is 1. The lowest BCUT2D eigenvalue weighted by molar-refractivity contribution is 0.0938. The second-order valence-corrected chi connectivity index (χ2v) is 6.19. The fourth-order valence-electron chi connectivity index (χ4n) is 2.71. The molecule has 1 aromatic heterocycles. The van der Waals surface area contributed by atoms with Gasteiger partial charge >= 0.3 is 0 Å². The van der Waals surface area contributed by atoms with Crippen LogP contribution in [-0.2, 0) is 0 Å². The van der Waals surface area contributed by atoms with Gasteiger partial charge in [0.25, 0.3) is 5.91 Å². The van der Waals surface area contributed by atoms with Crippen molar-refractivity contribution in [2.24, 2.45) is 0 Å². The Morgan fingerprint density at radius 3 is 2.45 bits per heavy atom. The summed E-state index contributed by atoms with van der Waals surface area (Å²) in [7, 11) is 0. The van der Waals surface area contributed by atoms with E-state index in [-0.39, 0.29) is 11.9 Å². The van der Waals surface area contributed by atoms with Crippen LogP contribution >= 0.6 is 11.6 Å². The lowest BCUT2D eigenvalue weighted by atomic mass is 10.1. The van der Waals surface area contributed by atoms with Crippen molar-refractivity contribution >= 4 is 17.5 Å². The first kappa shape index (κ1) is 16.6. The molecular weight excluding hydrogens is 296 g/mol. The van der Waals surface area contributed by atoms with E-state index in [0.29, 0.717) is 10.6 Å². The van der Waals surface area contributed by atoms with Crippen LogP contribution in [0.3, 0.4) is 0 Å². The van der Waals surface area contributed by atoms with Crippen molar-refractivity contribution in [1.82, 2.24) is 9.88 Å². The molecule has 0 saturated heterocycles. The van der Waals surface area contributed by atoms with Crippen LogP contribution in [0, 0.1) is 13.8 Å². The summed E-state index contributed by atoms with van der Waals surface area (Å²) in [5.41, 5.74) is 3.74. The standard InChI is InChI=1S/C18H23ClN2O/c1-5-6-12(2)20-18(22)16-11-15(9-10-17(16)19)21-13(3)7-8-14(21)4/h7-12H,5-6H2,1-4H3,(H,20,22). The van der Waals surface area contributed by atoms with Crippen LogP contribution in [0.1, 0.15) is 48.4 Å². The van der Waals surface area contributed by atoms with Gasteiger partial charge in [-0.3, -0.25) is 4.79 Å². The van der Waals surface area contributed by atoms with Crippen molar-refractivity contribution in [2.45, 2.75) is 46.6 Å². The minimum Gasteiger partial charge on any atom is -0.350 e. The summed E-state index contributed by atoms with van der Waals surface area (Å²) in [6.45, 7) is 8.21. The average molecular weight is 319 g/mol. The van der Waals surface area contributed by atoms with E-state index in [0.717, 1.165) is 29.9 Å². The van der Waals surface area contributed by atoms with E-state index in [9.17, 15) is 4.79 Å². The number of hydrogen-bond donors (Lipinski definition) is 1. The summed E-state index contributed by atoms with van der Waals surface area (Å²) in [6, 6.07) is 9.85. The lowest BCUT2D eigenvalue weighted by Gasteiger charge is -2.15. The molecule has 4 heteroatoms. The molecule has 22 heavy (non-hydrogen) atoms. The van der Waals surface area contributed by atoms with Gasteiger partial charge in [0, 0.05) is 23.1 Å². The van der Waals surface area contributed by atoms with Crippen LogP contribution in [0.4, 0.5) is 0 Å². The second-order valence-electron chi connectivity index (χ2n) is 5.78. The van der Waals surface area contributed by atoms with Gasteiger partial charge in [-0.05, 0) is 57.5 Å². The topological polar surface area (TPSA) is 34.0 Å². The Hall–Kier alpha value is -1.74. The molecule has 0 aliphatic carbocycles. The van der Waals surface area contributed by atoms with Crippen LogP contribution in [0.2, 0.25) is 5.02 Å². The average Bonchev–Trinajstić information content (AvgIpc) is 2.79. The second kappa shape index (κ2) is 7.01. The molecule has 2 rings (SSSR count). The van der Waals surface area contributed by atoms with E-state index in [1.54, 1.807) is 6.07 Å². The summed E-state index contributed by atoms with van der Waals surface area (Å²) in [6.07, 6.45) is 2.00. The molecule has 2 aromatic rings. The highest BCUT2D eigenvalue weighted by Gasteiger charge is 2.15. The summed E-state index contributed by atoms with van der Waals surface area (Å²) < 4.78 is 2.11. The molecule has 0 spiro atoms. The maximum absolute atomic E-state index is 12.4. The Labute approximate surface area is 137 Å². The van der Waals surface area contributed by atoms with E-state index in [1.807, 2.05) is 32.9 Å². The molecule has 0 bridgehead atoms. The zero-order valence-corrected chi connectivity index (χ0v) is 14.4. The van der Waals surface area contributed by atoms with Crippen molar-refractivity contribution in [2.75, 3.05) is 0 Å². The van der Waals surface area contributed by atoms with Crippen molar-refractivity contribution < 1.29 is 4.79 Å². The molecule has 118 valence electrons. The monoisotopic (exact) mass is 318 g/mol. The lowest BCUT2D eigenvalue weighted by Crippen LogP contribution is -2.32. The summed E-state index contributed by atoms with van der Waals surface area (Å²) in [5, 5.41) is 3.49. The van der Waals surface area contributed by atoms with Crippen LogP contribution < -0.4 is 5.32 Å². The first-order chi connectivity index (χ1) is 10.4.